The monoisotopic (exact) mass is 405 g/mol. The molecular weight excluding hydrogens is 378 g/mol. The van der Waals surface area contributed by atoms with Crippen LogP contribution in [0.5, 0.6) is 11.5 Å². The average Bonchev–Trinajstić information content (AvgIpc) is 3.10. The number of hydrogen-bond acceptors (Lipinski definition) is 5. The smallest absolute Gasteiger partial charge is 0.258 e. The number of benzene rings is 2. The highest BCUT2D eigenvalue weighted by molar-refractivity contribution is 6.11. The van der Waals surface area contributed by atoms with Crippen molar-refractivity contribution in [2.75, 3.05) is 20.0 Å². The van der Waals surface area contributed by atoms with Crippen LogP contribution in [0.15, 0.2) is 36.4 Å². The topological polar surface area (TPSA) is 77.7 Å². The average molecular weight is 405 g/mol. The minimum atomic E-state index is -0.269. The molecule has 0 unspecified atom stereocenters. The number of nitrogen functional groups attached to an aromatic ring is 1. The van der Waals surface area contributed by atoms with E-state index in [1.807, 2.05) is 41.3 Å². The number of para-hydroxylation sites is 1. The van der Waals surface area contributed by atoms with Gasteiger partial charge in [0.25, 0.3) is 5.91 Å². The molecule has 3 aromatic rings. The molecule has 0 aliphatic carbocycles. The van der Waals surface area contributed by atoms with E-state index in [2.05, 4.69) is 20.8 Å². The number of carbonyl (C=O) groups excluding carboxylic acids is 1. The number of hydrogen-bond donors (Lipinski definition) is 1. The number of rotatable bonds is 5. The summed E-state index contributed by atoms with van der Waals surface area (Å²) in [7, 11) is 3.27. The third kappa shape index (κ3) is 2.95. The molecule has 1 aromatic heterocycles. The molecule has 0 atom stereocenters. The van der Waals surface area contributed by atoms with Gasteiger partial charge in [0.2, 0.25) is 0 Å². The SMILES string of the molecule is CCC(C)(C)N1Cc2nc3c(-c4cc(OC)ccc4OC)cccc3c(N)c2C1=O. The summed E-state index contributed by atoms with van der Waals surface area (Å²) in [5, 5.41) is 0.764. The zero-order chi connectivity index (χ0) is 21.6. The maximum absolute atomic E-state index is 13.2. The maximum Gasteiger partial charge on any atom is 0.258 e. The van der Waals surface area contributed by atoms with E-state index in [0.717, 1.165) is 39.9 Å². The van der Waals surface area contributed by atoms with Crippen LogP contribution in [0.4, 0.5) is 5.69 Å². The predicted octanol–water partition coefficient (Wildman–Crippen LogP) is 4.65. The Balaban J connectivity index is 1.96. The highest BCUT2D eigenvalue weighted by Gasteiger charge is 2.39. The van der Waals surface area contributed by atoms with Crippen molar-refractivity contribution in [2.24, 2.45) is 0 Å². The lowest BCUT2D eigenvalue weighted by Gasteiger charge is -2.34. The number of ether oxygens (including phenoxy) is 2. The van der Waals surface area contributed by atoms with Crippen molar-refractivity contribution in [3.8, 4) is 22.6 Å². The largest absolute Gasteiger partial charge is 0.497 e. The summed E-state index contributed by atoms with van der Waals surface area (Å²) in [5.74, 6) is 1.39. The third-order valence-corrected chi connectivity index (χ3v) is 6.19. The second-order valence-electron chi connectivity index (χ2n) is 8.17. The number of methoxy groups -OCH3 is 2. The Kier molecular flexibility index (Phi) is 4.80. The molecule has 0 saturated heterocycles. The minimum Gasteiger partial charge on any atom is -0.497 e. The van der Waals surface area contributed by atoms with Crippen LogP contribution in [0.2, 0.25) is 0 Å². The van der Waals surface area contributed by atoms with Crippen molar-refractivity contribution >= 4 is 22.5 Å². The van der Waals surface area contributed by atoms with Crippen LogP contribution in [0, 0.1) is 0 Å². The molecule has 1 aliphatic heterocycles. The standard InChI is InChI=1S/C24H27N3O3/c1-6-24(2,3)27-13-18-20(23(27)28)21(25)16-9-7-8-15(22(16)26-18)17-12-14(29-4)10-11-19(17)30-5/h7-12H,6,13H2,1-5H3,(H2,25,26). The molecule has 156 valence electrons. The molecule has 0 spiro atoms. The predicted molar refractivity (Wildman–Crippen MR) is 119 cm³/mol. The molecule has 6 heteroatoms. The second-order valence-corrected chi connectivity index (χ2v) is 8.17. The van der Waals surface area contributed by atoms with Crippen molar-refractivity contribution in [1.29, 1.82) is 0 Å². The third-order valence-electron chi connectivity index (χ3n) is 6.19. The summed E-state index contributed by atoms with van der Waals surface area (Å²) in [6.45, 7) is 6.67. The molecular formula is C24H27N3O3. The Morgan fingerprint density at radius 3 is 2.57 bits per heavy atom. The summed E-state index contributed by atoms with van der Waals surface area (Å²) in [6, 6.07) is 11.5. The molecule has 2 aromatic carbocycles. The number of anilines is 1. The van der Waals surface area contributed by atoms with Crippen molar-refractivity contribution in [3.63, 3.8) is 0 Å². The van der Waals surface area contributed by atoms with Gasteiger partial charge in [-0.1, -0.05) is 25.1 Å². The number of nitrogens with two attached hydrogens (primary N) is 1. The number of pyridine rings is 1. The first-order chi connectivity index (χ1) is 14.3. The van der Waals surface area contributed by atoms with E-state index in [9.17, 15) is 4.79 Å². The Hall–Kier alpha value is -3.28. The van der Waals surface area contributed by atoms with Crippen LogP contribution in [-0.4, -0.2) is 35.5 Å². The fraction of sp³-hybridized carbons (Fsp3) is 0.333. The number of aromatic nitrogens is 1. The number of fused-ring (bicyclic) bond motifs is 2. The number of nitrogens with zero attached hydrogens (tertiary/aromatic N) is 2. The molecule has 30 heavy (non-hydrogen) atoms. The highest BCUT2D eigenvalue weighted by Crippen LogP contribution is 2.41. The fourth-order valence-electron chi connectivity index (χ4n) is 3.99. The van der Waals surface area contributed by atoms with Crippen LogP contribution in [0.1, 0.15) is 43.2 Å². The van der Waals surface area contributed by atoms with Gasteiger partial charge in [-0.3, -0.25) is 4.79 Å². The lowest BCUT2D eigenvalue weighted by molar-refractivity contribution is 0.0565. The van der Waals surface area contributed by atoms with Crippen LogP contribution >= 0.6 is 0 Å². The molecule has 2 heterocycles. The Morgan fingerprint density at radius 2 is 1.90 bits per heavy atom. The lowest BCUT2D eigenvalue weighted by Crippen LogP contribution is -2.43. The van der Waals surface area contributed by atoms with Crippen molar-refractivity contribution < 1.29 is 14.3 Å². The molecule has 1 amide bonds. The van der Waals surface area contributed by atoms with Gasteiger partial charge < -0.3 is 20.1 Å². The van der Waals surface area contributed by atoms with Gasteiger partial charge in [0.05, 0.1) is 43.2 Å². The zero-order valence-electron chi connectivity index (χ0n) is 18.1. The van der Waals surface area contributed by atoms with E-state index in [4.69, 9.17) is 20.2 Å². The van der Waals surface area contributed by atoms with Gasteiger partial charge in [-0.15, -0.1) is 0 Å². The van der Waals surface area contributed by atoms with Crippen LogP contribution in [-0.2, 0) is 6.54 Å². The van der Waals surface area contributed by atoms with Gasteiger partial charge in [-0.2, -0.15) is 0 Å². The molecule has 0 saturated carbocycles. The van der Waals surface area contributed by atoms with E-state index in [-0.39, 0.29) is 11.4 Å². The van der Waals surface area contributed by atoms with Gasteiger partial charge in [0.1, 0.15) is 11.5 Å². The van der Waals surface area contributed by atoms with Gasteiger partial charge in [0.15, 0.2) is 0 Å². The molecule has 2 N–H and O–H groups in total. The first-order valence-corrected chi connectivity index (χ1v) is 10.1. The summed E-state index contributed by atoms with van der Waals surface area (Å²) < 4.78 is 11.0. The van der Waals surface area contributed by atoms with E-state index in [1.165, 1.54) is 0 Å². The second kappa shape index (κ2) is 7.20. The molecule has 0 bridgehead atoms. The highest BCUT2D eigenvalue weighted by atomic mass is 16.5. The summed E-state index contributed by atoms with van der Waals surface area (Å²) in [4.78, 5) is 20.0. The fourth-order valence-corrected chi connectivity index (χ4v) is 3.99. The lowest BCUT2D eigenvalue weighted by atomic mass is 9.98. The Labute approximate surface area is 176 Å². The normalized spacial score (nSPS) is 13.6. The maximum atomic E-state index is 13.2. The number of carbonyl (C=O) groups is 1. The first-order valence-electron chi connectivity index (χ1n) is 10.1. The van der Waals surface area contributed by atoms with Crippen LogP contribution in [0.3, 0.4) is 0 Å². The van der Waals surface area contributed by atoms with Gasteiger partial charge in [0, 0.05) is 22.1 Å². The Morgan fingerprint density at radius 1 is 1.13 bits per heavy atom. The van der Waals surface area contributed by atoms with Gasteiger partial charge in [-0.25, -0.2) is 4.98 Å². The van der Waals surface area contributed by atoms with Crippen molar-refractivity contribution in [3.05, 3.63) is 47.7 Å². The molecule has 0 fully saturated rings. The molecule has 1 aliphatic rings. The van der Waals surface area contributed by atoms with Crippen LogP contribution in [0.25, 0.3) is 22.0 Å². The van der Waals surface area contributed by atoms with Gasteiger partial charge in [-0.05, 0) is 38.5 Å². The van der Waals surface area contributed by atoms with Crippen molar-refractivity contribution in [1.82, 2.24) is 9.88 Å². The zero-order valence-corrected chi connectivity index (χ0v) is 18.1. The minimum absolute atomic E-state index is 0.0480. The summed E-state index contributed by atoms with van der Waals surface area (Å²) in [6.07, 6.45) is 0.846. The summed E-state index contributed by atoms with van der Waals surface area (Å²) in [5.41, 5.74) is 10.5. The molecule has 6 nitrogen and oxygen atoms in total. The Bertz CT molecular complexity index is 1150. The van der Waals surface area contributed by atoms with E-state index in [1.54, 1.807) is 14.2 Å². The first kappa shape index (κ1) is 20.0. The van der Waals surface area contributed by atoms with Crippen LogP contribution < -0.4 is 15.2 Å². The van der Waals surface area contributed by atoms with Crippen molar-refractivity contribution in [2.45, 2.75) is 39.3 Å². The molecule has 4 rings (SSSR count). The van der Waals surface area contributed by atoms with Gasteiger partial charge >= 0.3 is 0 Å². The summed E-state index contributed by atoms with van der Waals surface area (Å²) >= 11 is 0. The van der Waals surface area contributed by atoms with E-state index >= 15 is 0 Å². The van der Waals surface area contributed by atoms with E-state index in [0.29, 0.717) is 23.5 Å². The number of amides is 1. The molecule has 0 radical (unpaired) electrons. The quantitative estimate of drug-likeness (QED) is 0.669. The van der Waals surface area contributed by atoms with E-state index < -0.39 is 0 Å².